The van der Waals surface area contributed by atoms with Crippen molar-refractivity contribution in [3.05, 3.63) is 71.4 Å². The number of hydrogen-bond donors (Lipinski definition) is 1. The van der Waals surface area contributed by atoms with Crippen molar-refractivity contribution in [3.8, 4) is 17.1 Å². The van der Waals surface area contributed by atoms with Crippen LogP contribution in [0, 0.1) is 13.8 Å². The van der Waals surface area contributed by atoms with Crippen molar-refractivity contribution in [1.82, 2.24) is 9.97 Å². The van der Waals surface area contributed by atoms with Crippen LogP contribution in [0.1, 0.15) is 16.8 Å². The lowest BCUT2D eigenvalue weighted by Crippen LogP contribution is -2.03. The molecule has 3 rings (SSSR count). The van der Waals surface area contributed by atoms with Gasteiger partial charge in [-0.1, -0.05) is 30.3 Å². The Morgan fingerprint density at radius 1 is 0.960 bits per heavy atom. The molecule has 0 radical (unpaired) electrons. The van der Waals surface area contributed by atoms with Crippen molar-refractivity contribution >= 4 is 12.0 Å². The van der Waals surface area contributed by atoms with Gasteiger partial charge in [-0.25, -0.2) is 9.97 Å². The zero-order valence-corrected chi connectivity index (χ0v) is 14.5. The van der Waals surface area contributed by atoms with Gasteiger partial charge in [0.1, 0.15) is 5.75 Å². The predicted molar refractivity (Wildman–Crippen MR) is 101 cm³/mol. The van der Waals surface area contributed by atoms with Gasteiger partial charge < -0.3 is 4.74 Å². The molecule has 2 aromatic carbocycles. The number of hydrogen-bond acceptors (Lipinski definition) is 5. The van der Waals surface area contributed by atoms with Crippen LogP contribution >= 0.6 is 0 Å². The molecule has 0 aliphatic carbocycles. The van der Waals surface area contributed by atoms with E-state index >= 15 is 0 Å². The molecule has 5 nitrogen and oxygen atoms in total. The Morgan fingerprint density at radius 3 is 2.36 bits per heavy atom. The molecule has 1 aromatic heterocycles. The lowest BCUT2D eigenvalue weighted by molar-refractivity contribution is 0.415. The molecule has 0 spiro atoms. The highest BCUT2D eigenvalue weighted by Crippen LogP contribution is 2.21. The summed E-state index contributed by atoms with van der Waals surface area (Å²) in [6, 6.07) is 17.6. The summed E-state index contributed by atoms with van der Waals surface area (Å²) in [7, 11) is 1.65. The van der Waals surface area contributed by atoms with Crippen molar-refractivity contribution in [2.45, 2.75) is 13.8 Å². The van der Waals surface area contributed by atoms with Crippen molar-refractivity contribution in [1.29, 1.82) is 0 Å². The fourth-order valence-electron chi connectivity index (χ4n) is 2.31. The second-order valence-electron chi connectivity index (χ2n) is 5.62. The van der Waals surface area contributed by atoms with E-state index in [1.165, 1.54) is 0 Å². The Kier molecular flexibility index (Phi) is 5.04. The molecule has 0 aliphatic rings. The van der Waals surface area contributed by atoms with Gasteiger partial charge in [-0.05, 0) is 43.7 Å². The number of aromatic nitrogens is 2. The van der Waals surface area contributed by atoms with Gasteiger partial charge in [0.2, 0.25) is 0 Å². The highest BCUT2D eigenvalue weighted by Gasteiger charge is 2.08. The summed E-state index contributed by atoms with van der Waals surface area (Å²) < 4.78 is 5.15. The lowest BCUT2D eigenvalue weighted by atomic mass is 10.2. The predicted octanol–water partition coefficient (Wildman–Crippen LogP) is 4.22. The van der Waals surface area contributed by atoms with Crippen LogP contribution in [0.25, 0.3) is 11.4 Å². The lowest BCUT2D eigenvalue weighted by Gasteiger charge is -2.09. The number of nitrogens with zero attached hydrogens (tertiary/aromatic N) is 3. The second-order valence-corrected chi connectivity index (χ2v) is 5.62. The van der Waals surface area contributed by atoms with Crippen molar-refractivity contribution < 1.29 is 4.74 Å². The number of hydrazone groups is 1. The quantitative estimate of drug-likeness (QED) is 0.561. The average Bonchev–Trinajstić information content (AvgIpc) is 2.66. The van der Waals surface area contributed by atoms with E-state index in [9.17, 15) is 0 Å². The van der Waals surface area contributed by atoms with Crippen LogP contribution in [0.5, 0.6) is 5.75 Å². The van der Waals surface area contributed by atoms with E-state index in [0.717, 1.165) is 28.1 Å². The molecule has 0 amide bonds. The maximum atomic E-state index is 5.15. The largest absolute Gasteiger partial charge is 0.497 e. The highest BCUT2D eigenvalue weighted by molar-refractivity contribution is 5.80. The summed E-state index contributed by atoms with van der Waals surface area (Å²) >= 11 is 0. The maximum absolute atomic E-state index is 5.15. The molecular weight excluding hydrogens is 312 g/mol. The smallest absolute Gasteiger partial charge is 0.161 e. The molecule has 0 atom stereocenters. The minimum Gasteiger partial charge on any atom is -0.497 e. The number of aryl methyl sites for hydroxylation is 1. The fourth-order valence-corrected chi connectivity index (χ4v) is 2.31. The standard InChI is InChI=1S/C20H20N4O/c1-14-15(2)22-20(17-7-5-4-6-8-17)23-19(14)24-21-13-16-9-11-18(25-3)12-10-16/h4-13H,1-3H3,(H,22,23,24)/b21-13+. The summed E-state index contributed by atoms with van der Waals surface area (Å²) in [4.78, 5) is 9.18. The van der Waals surface area contributed by atoms with E-state index < -0.39 is 0 Å². The molecule has 0 aliphatic heterocycles. The summed E-state index contributed by atoms with van der Waals surface area (Å²) in [5.74, 6) is 2.21. The van der Waals surface area contributed by atoms with Crippen LogP contribution in [-0.4, -0.2) is 23.3 Å². The third-order valence-corrected chi connectivity index (χ3v) is 3.92. The Labute approximate surface area is 147 Å². The molecule has 25 heavy (non-hydrogen) atoms. The van der Waals surface area contributed by atoms with Gasteiger partial charge in [0.25, 0.3) is 0 Å². The second kappa shape index (κ2) is 7.57. The summed E-state index contributed by atoms with van der Waals surface area (Å²) in [6.45, 7) is 3.96. The molecule has 0 saturated carbocycles. The van der Waals surface area contributed by atoms with Crippen LogP contribution < -0.4 is 10.2 Å². The summed E-state index contributed by atoms with van der Waals surface area (Å²) in [6.07, 6.45) is 1.75. The molecule has 126 valence electrons. The fraction of sp³-hybridized carbons (Fsp3) is 0.150. The first-order valence-electron chi connectivity index (χ1n) is 8.01. The first-order chi connectivity index (χ1) is 12.2. The molecule has 1 heterocycles. The molecule has 0 saturated heterocycles. The minimum absolute atomic E-state index is 0.686. The molecular formula is C20H20N4O. The van der Waals surface area contributed by atoms with E-state index in [2.05, 4.69) is 20.5 Å². The Hall–Kier alpha value is -3.21. The first kappa shape index (κ1) is 16.6. The third-order valence-electron chi connectivity index (χ3n) is 3.92. The van der Waals surface area contributed by atoms with Crippen molar-refractivity contribution in [3.63, 3.8) is 0 Å². The van der Waals surface area contributed by atoms with Crippen LogP contribution in [0.2, 0.25) is 0 Å². The van der Waals surface area contributed by atoms with Gasteiger partial charge in [-0.15, -0.1) is 0 Å². The summed E-state index contributed by atoms with van der Waals surface area (Å²) in [5.41, 5.74) is 6.88. The average molecular weight is 332 g/mol. The van der Waals surface area contributed by atoms with Gasteiger partial charge in [-0.2, -0.15) is 5.10 Å². The summed E-state index contributed by atoms with van der Waals surface area (Å²) in [5, 5.41) is 4.30. The van der Waals surface area contributed by atoms with Crippen molar-refractivity contribution in [2.75, 3.05) is 12.5 Å². The van der Waals surface area contributed by atoms with Gasteiger partial charge >= 0.3 is 0 Å². The highest BCUT2D eigenvalue weighted by atomic mass is 16.5. The zero-order valence-electron chi connectivity index (χ0n) is 14.5. The zero-order chi connectivity index (χ0) is 17.6. The monoisotopic (exact) mass is 332 g/mol. The van der Waals surface area contributed by atoms with E-state index in [1.54, 1.807) is 13.3 Å². The first-order valence-corrected chi connectivity index (χ1v) is 8.01. The number of anilines is 1. The molecule has 0 fully saturated rings. The van der Waals surface area contributed by atoms with E-state index in [0.29, 0.717) is 11.6 Å². The van der Waals surface area contributed by atoms with E-state index in [1.807, 2.05) is 68.4 Å². The van der Waals surface area contributed by atoms with Gasteiger partial charge in [0.15, 0.2) is 11.6 Å². The van der Waals surface area contributed by atoms with Crippen LogP contribution in [0.4, 0.5) is 5.82 Å². The molecule has 0 unspecified atom stereocenters. The number of nitrogens with one attached hydrogen (secondary N) is 1. The van der Waals surface area contributed by atoms with Crippen LogP contribution in [0.15, 0.2) is 59.7 Å². The SMILES string of the molecule is COc1ccc(/C=N/Nc2nc(-c3ccccc3)nc(C)c2C)cc1. The Bertz CT molecular complexity index is 874. The molecule has 0 bridgehead atoms. The Morgan fingerprint density at radius 2 is 1.68 bits per heavy atom. The third kappa shape index (κ3) is 4.01. The normalized spacial score (nSPS) is 10.8. The van der Waals surface area contributed by atoms with Crippen LogP contribution in [0.3, 0.4) is 0 Å². The van der Waals surface area contributed by atoms with Crippen LogP contribution in [-0.2, 0) is 0 Å². The Balaban J connectivity index is 1.81. The number of rotatable bonds is 5. The number of ether oxygens (including phenoxy) is 1. The van der Waals surface area contributed by atoms with E-state index in [-0.39, 0.29) is 0 Å². The number of benzene rings is 2. The van der Waals surface area contributed by atoms with Crippen molar-refractivity contribution in [2.24, 2.45) is 5.10 Å². The molecule has 3 aromatic rings. The van der Waals surface area contributed by atoms with Gasteiger partial charge in [0.05, 0.1) is 13.3 Å². The molecule has 1 N–H and O–H groups in total. The number of methoxy groups -OCH3 is 1. The maximum Gasteiger partial charge on any atom is 0.161 e. The van der Waals surface area contributed by atoms with E-state index in [4.69, 9.17) is 4.74 Å². The topological polar surface area (TPSA) is 59.4 Å². The molecule has 5 heteroatoms. The van der Waals surface area contributed by atoms with Gasteiger partial charge in [-0.3, -0.25) is 5.43 Å². The minimum atomic E-state index is 0.686. The van der Waals surface area contributed by atoms with Gasteiger partial charge in [0, 0.05) is 16.8 Å².